The van der Waals surface area contributed by atoms with Crippen LogP contribution in [0, 0.1) is 0 Å². The van der Waals surface area contributed by atoms with Crippen molar-refractivity contribution < 1.29 is 9.53 Å². The largest absolute Gasteiger partial charge is 0.443 e. The van der Waals surface area contributed by atoms with Gasteiger partial charge >= 0.3 is 5.85 Å². The Bertz CT molecular complexity index is 1710. The van der Waals surface area contributed by atoms with E-state index in [1.165, 1.54) is 0 Å². The quantitative estimate of drug-likeness (QED) is 0.234. The lowest BCUT2D eigenvalue weighted by atomic mass is 9.95. The number of benzene rings is 4. The lowest BCUT2D eigenvalue weighted by molar-refractivity contribution is -0.0763. The molecule has 1 saturated heterocycles. The van der Waals surface area contributed by atoms with E-state index in [1.807, 2.05) is 96.0 Å². The van der Waals surface area contributed by atoms with Crippen LogP contribution in [-0.4, -0.2) is 21.8 Å². The first-order valence-corrected chi connectivity index (χ1v) is 14.5. The Morgan fingerprint density at radius 1 is 0.925 bits per heavy atom. The van der Waals surface area contributed by atoms with Crippen molar-refractivity contribution in [3.05, 3.63) is 134 Å². The molecule has 2 unspecified atom stereocenters. The van der Waals surface area contributed by atoms with Crippen LogP contribution >= 0.6 is 46.6 Å². The normalized spacial score (nSPS) is 22.4. The van der Waals surface area contributed by atoms with Crippen LogP contribution in [0.3, 0.4) is 0 Å². The fraction of sp³-hybridized carbons (Fsp3) is 0.0968. The molecule has 7 rings (SSSR count). The molecule has 0 radical (unpaired) electrons. The van der Waals surface area contributed by atoms with Gasteiger partial charge in [-0.05, 0) is 65.4 Å². The smallest absolute Gasteiger partial charge is 0.321 e. The van der Waals surface area contributed by atoms with E-state index < -0.39 is 5.85 Å². The highest BCUT2D eigenvalue weighted by atomic mass is 35.5. The van der Waals surface area contributed by atoms with Gasteiger partial charge in [0.05, 0.1) is 32.4 Å². The zero-order valence-corrected chi connectivity index (χ0v) is 23.9. The fourth-order valence-electron chi connectivity index (χ4n) is 5.42. The number of ether oxygens (including phenoxy) is 1. The molecule has 0 aliphatic carbocycles. The Labute approximate surface area is 250 Å². The van der Waals surface area contributed by atoms with Crippen LogP contribution in [0.4, 0.5) is 10.5 Å². The highest BCUT2D eigenvalue weighted by Crippen LogP contribution is 2.58. The molecule has 4 aromatic carbocycles. The SMILES string of the molecule is O=C1S/C(=C\c2cccc(Cl)c2Cl)C2(Oc3ccc(Cl)cc3C3CC(c4ccccc4)=NN32)N1c1ccccc1. The van der Waals surface area contributed by atoms with Gasteiger partial charge in [-0.25, -0.2) is 9.91 Å². The zero-order chi connectivity index (χ0) is 27.4. The van der Waals surface area contributed by atoms with Gasteiger partial charge in [0.2, 0.25) is 0 Å². The topological polar surface area (TPSA) is 45.1 Å². The Balaban J connectivity index is 1.51. The van der Waals surface area contributed by atoms with Gasteiger partial charge in [-0.1, -0.05) is 95.5 Å². The number of hydrogen-bond acceptors (Lipinski definition) is 5. The van der Waals surface area contributed by atoms with Gasteiger partial charge in [-0.2, -0.15) is 5.10 Å². The molecule has 1 fully saturated rings. The number of para-hydroxylation sites is 1. The van der Waals surface area contributed by atoms with Gasteiger partial charge in [-0.15, -0.1) is 0 Å². The Morgan fingerprint density at radius 3 is 2.45 bits per heavy atom. The van der Waals surface area contributed by atoms with Crippen molar-refractivity contribution in [2.75, 3.05) is 4.90 Å². The second-order valence-corrected chi connectivity index (χ2v) is 11.8. The van der Waals surface area contributed by atoms with Crippen LogP contribution in [0.2, 0.25) is 15.1 Å². The molecule has 3 aliphatic rings. The Hall–Kier alpha value is -3.42. The molecule has 4 aromatic rings. The molecule has 0 N–H and O–H groups in total. The maximum Gasteiger partial charge on any atom is 0.321 e. The highest BCUT2D eigenvalue weighted by Gasteiger charge is 2.63. The molecular formula is C31H20Cl3N3O2S. The summed E-state index contributed by atoms with van der Waals surface area (Å²) in [6, 6.07) is 30.3. The highest BCUT2D eigenvalue weighted by molar-refractivity contribution is 8.17. The number of hydrazone groups is 1. The average molecular weight is 605 g/mol. The van der Waals surface area contributed by atoms with Crippen molar-refractivity contribution in [3.63, 3.8) is 0 Å². The number of thioether (sulfide) groups is 1. The number of rotatable bonds is 3. The van der Waals surface area contributed by atoms with Crippen LogP contribution in [-0.2, 0) is 0 Å². The predicted molar refractivity (Wildman–Crippen MR) is 163 cm³/mol. The van der Waals surface area contributed by atoms with Gasteiger partial charge in [0.1, 0.15) is 5.75 Å². The van der Waals surface area contributed by atoms with Crippen molar-refractivity contribution in [2.24, 2.45) is 5.10 Å². The standard InChI is InChI=1S/C31H20Cl3N3O2S/c32-21-14-15-27-23(17-21)26-18-25(19-8-3-1-4-9-19)35-37(26)31(39-27)28(16-20-10-7-13-24(33)29(20)34)40-30(38)36(31)22-11-5-2-6-12-22/h1-17,26H,18H2/b28-16-. The van der Waals surface area contributed by atoms with Gasteiger partial charge in [0, 0.05) is 17.0 Å². The summed E-state index contributed by atoms with van der Waals surface area (Å²) in [4.78, 5) is 16.2. The average Bonchev–Trinajstić information content (AvgIpc) is 3.53. The fourth-order valence-corrected chi connectivity index (χ4v) is 7.01. The number of anilines is 1. The number of amides is 1. The van der Waals surface area contributed by atoms with Crippen LogP contribution < -0.4 is 9.64 Å². The summed E-state index contributed by atoms with van der Waals surface area (Å²) in [6.07, 6.45) is 2.48. The van der Waals surface area contributed by atoms with Gasteiger partial charge in [-0.3, -0.25) is 4.79 Å². The van der Waals surface area contributed by atoms with E-state index >= 15 is 0 Å². The minimum Gasteiger partial charge on any atom is -0.443 e. The lowest BCUT2D eigenvalue weighted by Crippen LogP contribution is -2.63. The predicted octanol–water partition coefficient (Wildman–Crippen LogP) is 9.26. The molecular weight excluding hydrogens is 585 g/mol. The van der Waals surface area contributed by atoms with Gasteiger partial charge < -0.3 is 4.74 Å². The summed E-state index contributed by atoms with van der Waals surface area (Å²) in [5.74, 6) is -0.786. The van der Waals surface area contributed by atoms with E-state index in [0.29, 0.717) is 43.4 Å². The minimum absolute atomic E-state index is 0.199. The third-order valence-electron chi connectivity index (χ3n) is 7.20. The molecule has 198 valence electrons. The maximum atomic E-state index is 13.9. The molecule has 0 bridgehead atoms. The monoisotopic (exact) mass is 603 g/mol. The van der Waals surface area contributed by atoms with Gasteiger partial charge in [0.15, 0.2) is 0 Å². The second kappa shape index (κ2) is 9.89. The number of carbonyl (C=O) groups is 1. The molecule has 0 aromatic heterocycles. The maximum absolute atomic E-state index is 13.9. The van der Waals surface area contributed by atoms with E-state index in [-0.39, 0.29) is 11.3 Å². The number of hydrogen-bond donors (Lipinski definition) is 0. The first kappa shape index (κ1) is 25.5. The number of carbonyl (C=O) groups excluding carboxylic acids is 1. The van der Waals surface area contributed by atoms with E-state index in [0.717, 1.165) is 28.6 Å². The molecule has 2 atom stereocenters. The first-order chi connectivity index (χ1) is 19.5. The molecule has 40 heavy (non-hydrogen) atoms. The van der Waals surface area contributed by atoms with Crippen molar-refractivity contribution in [1.82, 2.24) is 5.01 Å². The summed E-state index contributed by atoms with van der Waals surface area (Å²) in [7, 11) is 0. The third kappa shape index (κ3) is 4.01. The zero-order valence-electron chi connectivity index (χ0n) is 20.8. The van der Waals surface area contributed by atoms with Crippen LogP contribution in [0.1, 0.15) is 29.2 Å². The van der Waals surface area contributed by atoms with E-state index in [9.17, 15) is 4.79 Å². The number of nitrogens with zero attached hydrogens (tertiary/aromatic N) is 3. The second-order valence-electron chi connectivity index (χ2n) is 9.56. The summed E-state index contributed by atoms with van der Waals surface area (Å²) in [5, 5.41) is 8.29. The molecule has 0 saturated carbocycles. The molecule has 1 spiro atoms. The minimum atomic E-state index is -1.42. The summed E-state index contributed by atoms with van der Waals surface area (Å²) in [6.45, 7) is 0. The summed E-state index contributed by atoms with van der Waals surface area (Å²) in [5.41, 5.74) is 4.15. The molecule has 3 heterocycles. The summed E-state index contributed by atoms with van der Waals surface area (Å²) >= 11 is 20.5. The van der Waals surface area contributed by atoms with Crippen LogP contribution in [0.5, 0.6) is 5.75 Å². The van der Waals surface area contributed by atoms with Crippen LogP contribution in [0.25, 0.3) is 6.08 Å². The van der Waals surface area contributed by atoms with E-state index in [4.69, 9.17) is 44.6 Å². The van der Waals surface area contributed by atoms with E-state index in [2.05, 4.69) is 0 Å². The van der Waals surface area contributed by atoms with Gasteiger partial charge in [0.25, 0.3) is 5.24 Å². The molecule has 1 amide bonds. The molecule has 3 aliphatic heterocycles. The van der Waals surface area contributed by atoms with Crippen molar-refractivity contribution >= 4 is 69.3 Å². The Morgan fingerprint density at radius 2 is 1.68 bits per heavy atom. The Kier molecular flexibility index (Phi) is 6.32. The van der Waals surface area contributed by atoms with Crippen molar-refractivity contribution in [3.8, 4) is 5.75 Å². The number of fused-ring (bicyclic) bond motifs is 4. The molecule has 5 nitrogen and oxygen atoms in total. The molecule has 9 heteroatoms. The summed E-state index contributed by atoms with van der Waals surface area (Å²) < 4.78 is 6.93. The first-order valence-electron chi connectivity index (χ1n) is 12.6. The van der Waals surface area contributed by atoms with E-state index in [1.54, 1.807) is 17.0 Å². The van der Waals surface area contributed by atoms with Crippen molar-refractivity contribution in [1.29, 1.82) is 0 Å². The number of halogens is 3. The lowest BCUT2D eigenvalue weighted by Gasteiger charge is -2.49. The van der Waals surface area contributed by atoms with Crippen molar-refractivity contribution in [2.45, 2.75) is 18.3 Å². The van der Waals surface area contributed by atoms with Crippen LogP contribution in [0.15, 0.2) is 107 Å². The third-order valence-corrected chi connectivity index (χ3v) is 9.23.